The van der Waals surface area contributed by atoms with Crippen LogP contribution in [-0.4, -0.2) is 41.3 Å². The fourth-order valence-corrected chi connectivity index (χ4v) is 2.94. The summed E-state index contributed by atoms with van der Waals surface area (Å²) in [5, 5.41) is 9.24. The molecule has 1 unspecified atom stereocenters. The predicted molar refractivity (Wildman–Crippen MR) is 99.5 cm³/mol. The first kappa shape index (κ1) is 21.0. The van der Waals surface area contributed by atoms with E-state index in [2.05, 4.69) is 0 Å². The molecule has 1 saturated heterocycles. The fraction of sp³-hybridized carbons (Fsp3) is 0.600. The van der Waals surface area contributed by atoms with E-state index in [1.807, 2.05) is 4.90 Å². The molecule has 27 heavy (non-hydrogen) atoms. The molecule has 0 aromatic heterocycles. The molecule has 1 fully saturated rings. The number of rotatable bonds is 5. The molecule has 150 valence electrons. The van der Waals surface area contributed by atoms with Crippen molar-refractivity contribution in [2.45, 2.75) is 58.7 Å². The van der Waals surface area contributed by atoms with E-state index in [1.54, 1.807) is 40.7 Å². The van der Waals surface area contributed by atoms with Crippen LogP contribution >= 0.6 is 0 Å². The van der Waals surface area contributed by atoms with Gasteiger partial charge in [-0.2, -0.15) is 0 Å². The highest BCUT2D eigenvalue weighted by Gasteiger charge is 2.35. The molecule has 2 rings (SSSR count). The lowest BCUT2D eigenvalue weighted by Gasteiger charge is -2.33. The summed E-state index contributed by atoms with van der Waals surface area (Å²) >= 11 is 0. The van der Waals surface area contributed by atoms with Crippen LogP contribution in [0.5, 0.6) is 5.75 Å². The van der Waals surface area contributed by atoms with Gasteiger partial charge in [-0.3, -0.25) is 4.79 Å². The number of carboxylic acids is 1. The first-order chi connectivity index (χ1) is 12.4. The average molecular weight is 381 g/mol. The van der Waals surface area contributed by atoms with Crippen LogP contribution in [0, 0.1) is 11.7 Å². The number of aliphatic carboxylic acids is 1. The smallest absolute Gasteiger partial charge is 0.350 e. The van der Waals surface area contributed by atoms with Gasteiger partial charge in [0.15, 0.2) is 5.60 Å². The van der Waals surface area contributed by atoms with Gasteiger partial charge in [0.05, 0.1) is 5.92 Å². The monoisotopic (exact) mass is 381 g/mol. The van der Waals surface area contributed by atoms with Crippen molar-refractivity contribution in [2.75, 3.05) is 18.0 Å². The molecular weight excluding hydrogens is 353 g/mol. The molecule has 1 heterocycles. The standard InChI is InChI=1S/C20H28FNO5/c1-19(2,3)27-18(25)20(4,5)26-16-10-14(21)9-15(11-16)22-8-6-7-13(12-22)17(23)24/h9-11,13H,6-8,12H2,1-5H3,(H,23,24). The minimum Gasteiger partial charge on any atom is -0.481 e. The number of benzene rings is 1. The van der Waals surface area contributed by atoms with Crippen molar-refractivity contribution in [1.82, 2.24) is 0 Å². The number of nitrogens with zero attached hydrogens (tertiary/aromatic N) is 1. The van der Waals surface area contributed by atoms with Gasteiger partial charge in [0, 0.05) is 30.9 Å². The topological polar surface area (TPSA) is 76.1 Å². The summed E-state index contributed by atoms with van der Waals surface area (Å²) < 4.78 is 25.2. The van der Waals surface area contributed by atoms with Crippen LogP contribution in [0.25, 0.3) is 0 Å². The summed E-state index contributed by atoms with van der Waals surface area (Å²) in [5.41, 5.74) is -1.43. The molecule has 0 spiro atoms. The number of hydrogen-bond donors (Lipinski definition) is 1. The Morgan fingerprint density at radius 3 is 2.44 bits per heavy atom. The largest absolute Gasteiger partial charge is 0.481 e. The van der Waals surface area contributed by atoms with Crippen molar-refractivity contribution < 1.29 is 28.6 Å². The lowest BCUT2D eigenvalue weighted by atomic mass is 9.98. The Labute approximate surface area is 159 Å². The summed E-state index contributed by atoms with van der Waals surface area (Å²) in [5.74, 6) is -2.20. The Balaban J connectivity index is 2.19. The van der Waals surface area contributed by atoms with E-state index in [1.165, 1.54) is 12.1 Å². The molecule has 0 aliphatic carbocycles. The summed E-state index contributed by atoms with van der Waals surface area (Å²) in [6.07, 6.45) is 1.32. The Kier molecular flexibility index (Phi) is 6.02. The normalized spacial score (nSPS) is 18.1. The molecule has 1 atom stereocenters. The van der Waals surface area contributed by atoms with Gasteiger partial charge in [-0.05, 0) is 53.5 Å². The molecular formula is C20H28FNO5. The molecule has 1 aliphatic heterocycles. The third-order valence-electron chi connectivity index (χ3n) is 4.26. The average Bonchev–Trinajstić information content (AvgIpc) is 2.52. The molecule has 7 heteroatoms. The molecule has 1 aromatic carbocycles. The van der Waals surface area contributed by atoms with E-state index >= 15 is 0 Å². The van der Waals surface area contributed by atoms with Gasteiger partial charge in [0.25, 0.3) is 0 Å². The zero-order chi connectivity index (χ0) is 20.4. The van der Waals surface area contributed by atoms with Crippen molar-refractivity contribution >= 4 is 17.6 Å². The second-order valence-corrected chi connectivity index (χ2v) is 8.38. The van der Waals surface area contributed by atoms with Crippen molar-refractivity contribution in [3.8, 4) is 5.75 Å². The van der Waals surface area contributed by atoms with Gasteiger partial charge < -0.3 is 19.5 Å². The van der Waals surface area contributed by atoms with E-state index in [0.717, 1.165) is 0 Å². The zero-order valence-electron chi connectivity index (χ0n) is 16.5. The molecule has 0 radical (unpaired) electrons. The van der Waals surface area contributed by atoms with Gasteiger partial charge in [-0.15, -0.1) is 0 Å². The SMILES string of the molecule is CC(C)(C)OC(=O)C(C)(C)Oc1cc(F)cc(N2CCCC(C(=O)O)C2)c1. The molecule has 0 bridgehead atoms. The van der Waals surface area contributed by atoms with E-state index in [0.29, 0.717) is 31.6 Å². The van der Waals surface area contributed by atoms with Gasteiger partial charge >= 0.3 is 11.9 Å². The van der Waals surface area contributed by atoms with E-state index < -0.39 is 34.9 Å². The van der Waals surface area contributed by atoms with Crippen LogP contribution in [0.3, 0.4) is 0 Å². The summed E-state index contributed by atoms with van der Waals surface area (Å²) in [7, 11) is 0. The van der Waals surface area contributed by atoms with E-state index in [-0.39, 0.29) is 5.75 Å². The van der Waals surface area contributed by atoms with Crippen LogP contribution in [0.15, 0.2) is 18.2 Å². The third kappa shape index (κ3) is 5.84. The number of ether oxygens (including phenoxy) is 2. The second-order valence-electron chi connectivity index (χ2n) is 8.38. The zero-order valence-corrected chi connectivity index (χ0v) is 16.5. The van der Waals surface area contributed by atoms with Gasteiger partial charge in [-0.25, -0.2) is 9.18 Å². The van der Waals surface area contributed by atoms with Crippen LogP contribution in [0.2, 0.25) is 0 Å². The molecule has 1 N–H and O–H groups in total. The quantitative estimate of drug-likeness (QED) is 0.785. The Morgan fingerprint density at radius 2 is 1.85 bits per heavy atom. The van der Waals surface area contributed by atoms with Crippen LogP contribution in [0.1, 0.15) is 47.5 Å². The third-order valence-corrected chi connectivity index (χ3v) is 4.26. The van der Waals surface area contributed by atoms with Crippen molar-refractivity contribution in [2.24, 2.45) is 5.92 Å². The number of hydrogen-bond acceptors (Lipinski definition) is 5. The maximum Gasteiger partial charge on any atom is 0.350 e. The predicted octanol–water partition coefficient (Wildman–Crippen LogP) is 3.63. The van der Waals surface area contributed by atoms with E-state index in [4.69, 9.17) is 9.47 Å². The number of carbonyl (C=O) groups excluding carboxylic acids is 1. The number of carboxylic acid groups (broad SMARTS) is 1. The Bertz CT molecular complexity index is 711. The number of carbonyl (C=O) groups is 2. The van der Waals surface area contributed by atoms with Gasteiger partial charge in [-0.1, -0.05) is 0 Å². The Morgan fingerprint density at radius 1 is 1.19 bits per heavy atom. The number of piperidine rings is 1. The van der Waals surface area contributed by atoms with Crippen molar-refractivity contribution in [1.29, 1.82) is 0 Å². The Hall–Kier alpha value is -2.31. The maximum absolute atomic E-state index is 14.1. The van der Waals surface area contributed by atoms with Gasteiger partial charge in [0.2, 0.25) is 0 Å². The van der Waals surface area contributed by atoms with Crippen LogP contribution < -0.4 is 9.64 Å². The van der Waals surface area contributed by atoms with Crippen LogP contribution in [-0.2, 0) is 14.3 Å². The molecule has 6 nitrogen and oxygen atoms in total. The second kappa shape index (κ2) is 7.74. The highest BCUT2D eigenvalue weighted by Crippen LogP contribution is 2.30. The molecule has 0 saturated carbocycles. The minimum atomic E-state index is -1.30. The molecule has 1 aromatic rings. The number of anilines is 1. The number of esters is 1. The minimum absolute atomic E-state index is 0.193. The van der Waals surface area contributed by atoms with E-state index in [9.17, 15) is 19.1 Å². The summed E-state index contributed by atoms with van der Waals surface area (Å²) in [4.78, 5) is 25.5. The van der Waals surface area contributed by atoms with Crippen LogP contribution in [0.4, 0.5) is 10.1 Å². The van der Waals surface area contributed by atoms with Crippen molar-refractivity contribution in [3.05, 3.63) is 24.0 Å². The lowest BCUT2D eigenvalue weighted by molar-refractivity contribution is -0.171. The first-order valence-electron chi connectivity index (χ1n) is 9.08. The summed E-state index contributed by atoms with van der Waals surface area (Å²) in [6, 6.07) is 4.17. The maximum atomic E-state index is 14.1. The fourth-order valence-electron chi connectivity index (χ4n) is 2.94. The molecule has 0 amide bonds. The first-order valence-corrected chi connectivity index (χ1v) is 9.08. The van der Waals surface area contributed by atoms with Gasteiger partial charge in [0.1, 0.15) is 17.2 Å². The number of halogens is 1. The lowest BCUT2D eigenvalue weighted by Crippen LogP contribution is -2.43. The summed E-state index contributed by atoms with van der Waals surface area (Å²) in [6.45, 7) is 9.36. The van der Waals surface area contributed by atoms with Crippen molar-refractivity contribution in [3.63, 3.8) is 0 Å². The molecule has 1 aliphatic rings. The highest BCUT2D eigenvalue weighted by molar-refractivity contribution is 5.79. The highest BCUT2D eigenvalue weighted by atomic mass is 19.1.